The third kappa shape index (κ3) is 3.81. The van der Waals surface area contributed by atoms with Gasteiger partial charge in [0, 0.05) is 37.8 Å². The summed E-state index contributed by atoms with van der Waals surface area (Å²) < 4.78 is 24.3. The molecule has 4 rings (SSSR count). The summed E-state index contributed by atoms with van der Waals surface area (Å²) in [5, 5.41) is 10.7. The van der Waals surface area contributed by atoms with Crippen molar-refractivity contribution >= 4 is 32.1 Å². The molecular formula is C23H25N5O2S. The summed E-state index contributed by atoms with van der Waals surface area (Å²) in [6.07, 6.45) is 3.28. The molecular weight excluding hydrogens is 410 g/mol. The van der Waals surface area contributed by atoms with Gasteiger partial charge in [-0.3, -0.25) is 4.98 Å². The van der Waals surface area contributed by atoms with Crippen LogP contribution >= 0.6 is 0 Å². The second-order valence-electron chi connectivity index (χ2n) is 8.59. The molecule has 0 atom stereocenters. The van der Waals surface area contributed by atoms with E-state index in [1.165, 1.54) is 0 Å². The normalized spacial score (nSPS) is 15.2. The quantitative estimate of drug-likeness (QED) is 0.623. The van der Waals surface area contributed by atoms with Crippen LogP contribution in [0.1, 0.15) is 26.3 Å². The van der Waals surface area contributed by atoms with Gasteiger partial charge in [0.15, 0.2) is 14.9 Å². The number of nitrogens with zero attached hydrogens (tertiary/aromatic N) is 5. The number of aromatic nitrogens is 2. The molecule has 0 amide bonds. The van der Waals surface area contributed by atoms with Gasteiger partial charge >= 0.3 is 0 Å². The molecule has 3 heterocycles. The van der Waals surface area contributed by atoms with Crippen molar-refractivity contribution in [1.29, 1.82) is 5.26 Å². The van der Waals surface area contributed by atoms with Crippen molar-refractivity contribution in [3.05, 3.63) is 54.4 Å². The van der Waals surface area contributed by atoms with Crippen molar-refractivity contribution < 1.29 is 8.42 Å². The number of pyridine rings is 2. The minimum absolute atomic E-state index is 0.101. The van der Waals surface area contributed by atoms with E-state index in [1.807, 2.05) is 30.3 Å². The molecule has 1 fully saturated rings. The molecule has 3 aromatic rings. The maximum absolute atomic E-state index is 12.6. The largest absolute Gasteiger partial charge is 0.367 e. The van der Waals surface area contributed by atoms with E-state index >= 15 is 0 Å². The number of rotatable bonds is 3. The van der Waals surface area contributed by atoms with Gasteiger partial charge in [-0.2, -0.15) is 5.26 Å². The summed E-state index contributed by atoms with van der Waals surface area (Å²) in [6, 6.07) is 13.6. The van der Waals surface area contributed by atoms with Crippen molar-refractivity contribution in [2.75, 3.05) is 36.0 Å². The first-order chi connectivity index (χ1) is 14.7. The van der Waals surface area contributed by atoms with Crippen LogP contribution in [0, 0.1) is 11.3 Å². The van der Waals surface area contributed by atoms with Gasteiger partial charge in [-0.05, 0) is 39.0 Å². The molecule has 1 aliphatic rings. The molecule has 0 spiro atoms. The molecule has 7 nitrogen and oxygen atoms in total. The topological polar surface area (TPSA) is 90.2 Å². The van der Waals surface area contributed by atoms with Crippen molar-refractivity contribution in [2.24, 2.45) is 0 Å². The zero-order chi connectivity index (χ0) is 22.2. The average Bonchev–Trinajstić information content (AvgIpc) is 2.77. The summed E-state index contributed by atoms with van der Waals surface area (Å²) in [5.74, 6) is 0. The van der Waals surface area contributed by atoms with Crippen LogP contribution in [0.2, 0.25) is 0 Å². The summed E-state index contributed by atoms with van der Waals surface area (Å²) in [4.78, 5) is 13.1. The lowest BCUT2D eigenvalue weighted by atomic mass is 10.1. The van der Waals surface area contributed by atoms with Crippen LogP contribution in [0.25, 0.3) is 10.9 Å². The number of piperazine rings is 1. The minimum Gasteiger partial charge on any atom is -0.367 e. The van der Waals surface area contributed by atoms with Gasteiger partial charge in [0.05, 0.1) is 33.4 Å². The number of benzene rings is 1. The molecule has 160 valence electrons. The number of fused-ring (bicyclic) bond motifs is 1. The fourth-order valence-electron chi connectivity index (χ4n) is 3.77. The van der Waals surface area contributed by atoms with Gasteiger partial charge in [-0.15, -0.1) is 0 Å². The van der Waals surface area contributed by atoms with Crippen molar-refractivity contribution in [3.8, 4) is 6.07 Å². The Morgan fingerprint density at radius 3 is 2.23 bits per heavy atom. The smallest absolute Gasteiger partial charge is 0.200 e. The third-order valence-corrected chi connectivity index (χ3v) is 8.04. The van der Waals surface area contributed by atoms with E-state index in [4.69, 9.17) is 0 Å². The van der Waals surface area contributed by atoms with E-state index in [0.29, 0.717) is 5.56 Å². The Balaban J connectivity index is 1.54. The lowest BCUT2D eigenvalue weighted by Gasteiger charge is -2.38. The maximum Gasteiger partial charge on any atom is 0.200 e. The second-order valence-corrected chi connectivity index (χ2v) is 11.2. The fraction of sp³-hybridized carbons (Fsp3) is 0.348. The molecule has 2 aromatic heterocycles. The van der Waals surface area contributed by atoms with Crippen LogP contribution < -0.4 is 9.80 Å². The van der Waals surface area contributed by atoms with Crippen LogP contribution in [0.4, 0.5) is 11.4 Å². The number of hydrogen-bond donors (Lipinski definition) is 0. The molecule has 1 saturated heterocycles. The number of para-hydroxylation sites is 1. The molecule has 31 heavy (non-hydrogen) atoms. The highest BCUT2D eigenvalue weighted by Crippen LogP contribution is 2.31. The predicted molar refractivity (Wildman–Crippen MR) is 122 cm³/mol. The Labute approximate surface area is 182 Å². The minimum atomic E-state index is -3.47. The van der Waals surface area contributed by atoms with Gasteiger partial charge in [-0.25, -0.2) is 13.4 Å². The van der Waals surface area contributed by atoms with Crippen LogP contribution in [0.15, 0.2) is 53.8 Å². The molecule has 0 radical (unpaired) electrons. The van der Waals surface area contributed by atoms with Gasteiger partial charge in [0.1, 0.15) is 6.07 Å². The average molecular weight is 436 g/mol. The maximum atomic E-state index is 12.6. The van der Waals surface area contributed by atoms with Gasteiger partial charge in [0.2, 0.25) is 0 Å². The van der Waals surface area contributed by atoms with Crippen molar-refractivity contribution in [1.82, 2.24) is 9.97 Å². The molecule has 0 N–H and O–H groups in total. The van der Waals surface area contributed by atoms with E-state index in [-0.39, 0.29) is 5.03 Å². The predicted octanol–water partition coefficient (Wildman–Crippen LogP) is 3.40. The van der Waals surface area contributed by atoms with Crippen LogP contribution in [-0.2, 0) is 9.84 Å². The summed E-state index contributed by atoms with van der Waals surface area (Å²) in [7, 11) is -3.47. The Morgan fingerprint density at radius 1 is 0.935 bits per heavy atom. The Morgan fingerprint density at radius 2 is 1.61 bits per heavy atom. The van der Waals surface area contributed by atoms with Crippen LogP contribution in [-0.4, -0.2) is 49.3 Å². The van der Waals surface area contributed by atoms with Crippen LogP contribution in [0.3, 0.4) is 0 Å². The fourth-order valence-corrected chi connectivity index (χ4v) is 4.84. The highest BCUT2D eigenvalue weighted by atomic mass is 32.2. The zero-order valence-electron chi connectivity index (χ0n) is 17.9. The van der Waals surface area contributed by atoms with Gasteiger partial charge in [0.25, 0.3) is 0 Å². The summed E-state index contributed by atoms with van der Waals surface area (Å²) in [5.41, 5.74) is 3.27. The van der Waals surface area contributed by atoms with Gasteiger partial charge in [-0.1, -0.05) is 18.2 Å². The van der Waals surface area contributed by atoms with Gasteiger partial charge < -0.3 is 9.80 Å². The SMILES string of the molecule is CC(C)(C)S(=O)(=O)c1ccc(N2CCN(c3c(C#N)cnc4ccccc34)CC2)cn1. The van der Waals surface area contributed by atoms with E-state index in [9.17, 15) is 13.7 Å². The second kappa shape index (κ2) is 7.82. The molecule has 0 aliphatic carbocycles. The van der Waals surface area contributed by atoms with Crippen molar-refractivity contribution in [3.63, 3.8) is 0 Å². The molecule has 0 saturated carbocycles. The number of sulfone groups is 1. The molecule has 0 unspecified atom stereocenters. The first-order valence-electron chi connectivity index (χ1n) is 10.2. The third-order valence-electron chi connectivity index (χ3n) is 5.63. The Hall–Kier alpha value is -3.18. The molecule has 1 aromatic carbocycles. The van der Waals surface area contributed by atoms with E-state index in [2.05, 4.69) is 25.8 Å². The van der Waals surface area contributed by atoms with E-state index in [0.717, 1.165) is 48.5 Å². The van der Waals surface area contributed by atoms with E-state index < -0.39 is 14.6 Å². The number of hydrogen-bond acceptors (Lipinski definition) is 7. The zero-order valence-corrected chi connectivity index (χ0v) is 18.7. The summed E-state index contributed by atoms with van der Waals surface area (Å²) in [6.45, 7) is 8.00. The standard InChI is InChI=1S/C23H25N5O2S/c1-23(2,3)31(29,30)21-9-8-18(16-26-21)27-10-12-28(13-11-27)22-17(14-24)15-25-20-7-5-4-6-19(20)22/h4-9,15-16H,10-13H2,1-3H3. The summed E-state index contributed by atoms with van der Waals surface area (Å²) >= 11 is 0. The van der Waals surface area contributed by atoms with Crippen LogP contribution in [0.5, 0.6) is 0 Å². The highest BCUT2D eigenvalue weighted by molar-refractivity contribution is 7.92. The van der Waals surface area contributed by atoms with Crippen molar-refractivity contribution in [2.45, 2.75) is 30.5 Å². The van der Waals surface area contributed by atoms with E-state index in [1.54, 1.807) is 39.2 Å². The monoisotopic (exact) mass is 435 g/mol. The first-order valence-corrected chi connectivity index (χ1v) is 11.7. The molecule has 8 heteroatoms. The highest BCUT2D eigenvalue weighted by Gasteiger charge is 2.32. The molecule has 1 aliphatic heterocycles. The lowest BCUT2D eigenvalue weighted by Crippen LogP contribution is -2.47. The number of anilines is 2. The first kappa shape index (κ1) is 21.1. The Kier molecular flexibility index (Phi) is 5.31. The Bertz CT molecular complexity index is 1250. The lowest BCUT2D eigenvalue weighted by molar-refractivity contribution is 0.556. The molecule has 0 bridgehead atoms. The number of nitriles is 1.